The van der Waals surface area contributed by atoms with Crippen LogP contribution in [0.25, 0.3) is 0 Å². The molecule has 0 bridgehead atoms. The number of halogens is 2. The van der Waals surface area contributed by atoms with Crippen molar-refractivity contribution in [1.82, 2.24) is 0 Å². The Kier molecular flexibility index (Phi) is 6.78. The first-order valence-corrected chi connectivity index (χ1v) is 11.0. The Balaban J connectivity index is 2.44. The number of rotatable bonds is 6. The predicted molar refractivity (Wildman–Crippen MR) is 112 cm³/mol. The van der Waals surface area contributed by atoms with Crippen LogP contribution in [0.4, 0.5) is 11.4 Å². The molecule has 2 aromatic carbocycles. The molecule has 1 N–H and O–H groups in total. The van der Waals surface area contributed by atoms with Crippen LogP contribution in [0.2, 0.25) is 10.0 Å². The second-order valence-electron chi connectivity index (χ2n) is 6.32. The summed E-state index contributed by atoms with van der Waals surface area (Å²) in [6.07, 6.45) is 1.35. The van der Waals surface area contributed by atoms with Crippen molar-refractivity contribution in [2.24, 2.45) is 0 Å². The Morgan fingerprint density at radius 2 is 1.81 bits per heavy atom. The topological polar surface area (TPSA) is 66.5 Å². The highest BCUT2D eigenvalue weighted by Crippen LogP contribution is 2.29. The molecule has 0 spiro atoms. The van der Waals surface area contributed by atoms with Gasteiger partial charge in [0.1, 0.15) is 6.04 Å². The van der Waals surface area contributed by atoms with E-state index < -0.39 is 22.0 Å². The number of aryl methyl sites for hydroxylation is 1. The number of sulfonamides is 1. The first-order valence-electron chi connectivity index (χ1n) is 8.37. The average Bonchev–Trinajstić information content (AvgIpc) is 2.58. The highest BCUT2D eigenvalue weighted by Gasteiger charge is 2.32. The summed E-state index contributed by atoms with van der Waals surface area (Å²) >= 11 is 12.3. The Morgan fingerprint density at radius 1 is 1.15 bits per heavy atom. The molecule has 0 unspecified atom stereocenters. The molecule has 0 radical (unpaired) electrons. The molecule has 1 amide bonds. The van der Waals surface area contributed by atoms with E-state index in [9.17, 15) is 13.2 Å². The maximum Gasteiger partial charge on any atom is 0.248 e. The molecule has 2 rings (SSSR count). The molecule has 0 aliphatic carbocycles. The van der Waals surface area contributed by atoms with Crippen molar-refractivity contribution in [2.75, 3.05) is 15.9 Å². The van der Waals surface area contributed by atoms with Gasteiger partial charge in [-0.15, -0.1) is 0 Å². The van der Waals surface area contributed by atoms with Crippen LogP contribution in [-0.4, -0.2) is 26.6 Å². The molecule has 2 aromatic rings. The van der Waals surface area contributed by atoms with Crippen LogP contribution >= 0.6 is 23.2 Å². The van der Waals surface area contributed by atoms with Crippen molar-refractivity contribution in [3.05, 3.63) is 57.6 Å². The number of anilines is 2. The average molecular weight is 429 g/mol. The molecular formula is C19H22Cl2N2O3S. The minimum Gasteiger partial charge on any atom is -0.324 e. The zero-order chi connectivity index (χ0) is 20.4. The van der Waals surface area contributed by atoms with Crippen LogP contribution in [0.15, 0.2) is 36.4 Å². The molecule has 0 saturated heterocycles. The molecule has 0 fully saturated rings. The van der Waals surface area contributed by atoms with Crippen molar-refractivity contribution in [1.29, 1.82) is 0 Å². The van der Waals surface area contributed by atoms with Gasteiger partial charge < -0.3 is 5.32 Å². The van der Waals surface area contributed by atoms with E-state index in [0.29, 0.717) is 27.0 Å². The van der Waals surface area contributed by atoms with E-state index in [1.807, 2.05) is 6.92 Å². The van der Waals surface area contributed by atoms with Crippen LogP contribution in [0, 0.1) is 13.8 Å². The van der Waals surface area contributed by atoms with Crippen LogP contribution in [0.3, 0.4) is 0 Å². The van der Waals surface area contributed by atoms with Crippen molar-refractivity contribution >= 4 is 50.5 Å². The number of nitrogens with one attached hydrogen (secondary N) is 1. The van der Waals surface area contributed by atoms with E-state index in [1.54, 1.807) is 50.2 Å². The fraction of sp³-hybridized carbons (Fsp3) is 0.316. The number of nitrogens with zero attached hydrogens (tertiary/aromatic N) is 1. The fourth-order valence-corrected chi connectivity index (χ4v) is 4.29. The van der Waals surface area contributed by atoms with Crippen LogP contribution in [0.5, 0.6) is 0 Å². The van der Waals surface area contributed by atoms with Gasteiger partial charge in [0.05, 0.1) is 11.9 Å². The van der Waals surface area contributed by atoms with E-state index >= 15 is 0 Å². The Labute approximate surface area is 170 Å². The molecule has 5 nitrogen and oxygen atoms in total. The van der Waals surface area contributed by atoms with E-state index in [-0.39, 0.29) is 6.42 Å². The molecule has 0 heterocycles. The normalized spacial score (nSPS) is 12.5. The smallest absolute Gasteiger partial charge is 0.248 e. The summed E-state index contributed by atoms with van der Waals surface area (Å²) in [6.45, 7) is 5.36. The monoisotopic (exact) mass is 428 g/mol. The van der Waals surface area contributed by atoms with E-state index in [1.165, 1.54) is 0 Å². The summed E-state index contributed by atoms with van der Waals surface area (Å²) in [5, 5.41) is 3.74. The number of hydrogen-bond acceptors (Lipinski definition) is 3. The lowest BCUT2D eigenvalue weighted by atomic mass is 10.1. The summed E-state index contributed by atoms with van der Waals surface area (Å²) < 4.78 is 26.1. The molecule has 0 aliphatic rings. The van der Waals surface area contributed by atoms with Crippen LogP contribution < -0.4 is 9.62 Å². The number of amides is 1. The van der Waals surface area contributed by atoms with Crippen molar-refractivity contribution in [3.63, 3.8) is 0 Å². The van der Waals surface area contributed by atoms with Crippen molar-refractivity contribution in [2.45, 2.75) is 33.2 Å². The minimum atomic E-state index is -3.73. The number of hydrogen-bond donors (Lipinski definition) is 1. The lowest BCUT2D eigenvalue weighted by molar-refractivity contribution is -0.117. The van der Waals surface area contributed by atoms with Gasteiger partial charge in [-0.25, -0.2) is 8.42 Å². The van der Waals surface area contributed by atoms with Crippen molar-refractivity contribution in [3.8, 4) is 0 Å². The second kappa shape index (κ2) is 8.50. The second-order valence-corrected chi connectivity index (χ2v) is 8.99. The fourth-order valence-electron chi connectivity index (χ4n) is 2.74. The summed E-state index contributed by atoms with van der Waals surface area (Å²) in [4.78, 5) is 12.9. The molecular weight excluding hydrogens is 407 g/mol. The largest absolute Gasteiger partial charge is 0.324 e. The SMILES string of the molecule is CC[C@@H](C(=O)Nc1cccc(Cl)c1C)N(c1ccc(C)c(Cl)c1)S(C)(=O)=O. The molecule has 27 heavy (non-hydrogen) atoms. The van der Waals surface area contributed by atoms with Gasteiger partial charge in [0.15, 0.2) is 0 Å². The van der Waals surface area contributed by atoms with Gasteiger partial charge in [0, 0.05) is 15.7 Å². The molecule has 8 heteroatoms. The van der Waals surface area contributed by atoms with Crippen LogP contribution in [-0.2, 0) is 14.8 Å². The van der Waals surface area contributed by atoms with E-state index in [2.05, 4.69) is 5.32 Å². The van der Waals surface area contributed by atoms with Gasteiger partial charge in [0.25, 0.3) is 0 Å². The minimum absolute atomic E-state index is 0.282. The third-order valence-electron chi connectivity index (χ3n) is 4.27. The molecule has 0 saturated carbocycles. The van der Waals surface area contributed by atoms with Gasteiger partial charge in [0.2, 0.25) is 15.9 Å². The van der Waals surface area contributed by atoms with Gasteiger partial charge in [-0.05, 0) is 55.7 Å². The molecule has 1 atom stereocenters. The number of benzene rings is 2. The summed E-state index contributed by atoms with van der Waals surface area (Å²) in [6, 6.07) is 9.15. The maximum atomic E-state index is 12.9. The summed E-state index contributed by atoms with van der Waals surface area (Å²) in [5.74, 6) is -0.440. The first kappa shape index (κ1) is 21.5. The molecule has 146 valence electrons. The standard InChI is InChI=1S/C19H22Cl2N2O3S/c1-5-18(19(24)22-17-8-6-7-15(20)13(17)3)23(27(4,25)26)14-10-9-12(2)16(21)11-14/h6-11,18H,5H2,1-4H3,(H,22,24)/t18-/m0/s1. The van der Waals surface area contributed by atoms with Gasteiger partial charge in [-0.2, -0.15) is 0 Å². The highest BCUT2D eigenvalue weighted by molar-refractivity contribution is 7.92. The lowest BCUT2D eigenvalue weighted by Gasteiger charge is -2.30. The zero-order valence-corrected chi connectivity index (χ0v) is 17.9. The summed E-state index contributed by atoms with van der Waals surface area (Å²) in [7, 11) is -3.73. The van der Waals surface area contributed by atoms with Gasteiger partial charge >= 0.3 is 0 Å². The molecule has 0 aromatic heterocycles. The van der Waals surface area contributed by atoms with Gasteiger partial charge in [-0.3, -0.25) is 9.10 Å². The first-order chi connectivity index (χ1) is 12.6. The maximum absolute atomic E-state index is 12.9. The zero-order valence-electron chi connectivity index (χ0n) is 15.6. The Hall–Kier alpha value is -1.76. The van der Waals surface area contributed by atoms with Gasteiger partial charge in [-0.1, -0.05) is 42.3 Å². The predicted octanol–water partition coefficient (Wildman–Crippen LogP) is 4.79. The van der Waals surface area contributed by atoms with E-state index in [4.69, 9.17) is 23.2 Å². The quantitative estimate of drug-likeness (QED) is 0.718. The molecule has 0 aliphatic heterocycles. The van der Waals surface area contributed by atoms with Crippen LogP contribution in [0.1, 0.15) is 24.5 Å². The third-order valence-corrected chi connectivity index (χ3v) is 6.26. The lowest BCUT2D eigenvalue weighted by Crippen LogP contribution is -2.47. The number of carbonyl (C=O) groups is 1. The van der Waals surface area contributed by atoms with Crippen molar-refractivity contribution < 1.29 is 13.2 Å². The third kappa shape index (κ3) is 4.94. The number of carbonyl (C=O) groups excluding carboxylic acids is 1. The highest BCUT2D eigenvalue weighted by atomic mass is 35.5. The van der Waals surface area contributed by atoms with E-state index in [0.717, 1.165) is 16.1 Å². The Morgan fingerprint density at radius 3 is 2.37 bits per heavy atom. The Bertz CT molecular complexity index is 961. The summed E-state index contributed by atoms with van der Waals surface area (Å²) in [5.41, 5.74) is 2.42.